The van der Waals surface area contributed by atoms with Crippen LogP contribution in [0.2, 0.25) is 0 Å². The number of carbonyl (C=O) groups is 1. The zero-order valence-corrected chi connectivity index (χ0v) is 9.97. The van der Waals surface area contributed by atoms with Gasteiger partial charge in [-0.15, -0.1) is 0 Å². The fourth-order valence-electron chi connectivity index (χ4n) is 1.43. The van der Waals surface area contributed by atoms with Gasteiger partial charge in [-0.25, -0.2) is 4.79 Å². The van der Waals surface area contributed by atoms with Gasteiger partial charge < -0.3 is 4.84 Å². The van der Waals surface area contributed by atoms with Gasteiger partial charge in [-0.3, -0.25) is 5.01 Å². The summed E-state index contributed by atoms with van der Waals surface area (Å²) in [4.78, 5) is 15.8. The van der Waals surface area contributed by atoms with E-state index < -0.39 is 5.97 Å². The molecule has 5 heteroatoms. The Hall–Kier alpha value is -2.17. The van der Waals surface area contributed by atoms with Gasteiger partial charge >= 0.3 is 5.97 Å². The molecule has 17 heavy (non-hydrogen) atoms. The van der Waals surface area contributed by atoms with Crippen LogP contribution in [0.5, 0.6) is 0 Å². The fraction of sp³-hybridized carbons (Fsp3) is 0.250. The first-order valence-corrected chi connectivity index (χ1v) is 5.23. The topological polar surface area (TPSA) is 54.3 Å². The van der Waals surface area contributed by atoms with Crippen molar-refractivity contribution in [3.63, 3.8) is 0 Å². The Bertz CT molecular complexity index is 503. The number of aryl methyl sites for hydroxylation is 1. The Kier molecular flexibility index (Phi) is 2.91. The first-order valence-electron chi connectivity index (χ1n) is 5.23. The molecule has 1 aromatic rings. The first-order chi connectivity index (χ1) is 8.08. The summed E-state index contributed by atoms with van der Waals surface area (Å²) in [7, 11) is 1.77. The largest absolute Gasteiger partial charge is 0.387 e. The average molecular weight is 231 g/mol. The molecule has 0 fully saturated rings. The van der Waals surface area contributed by atoms with Crippen molar-refractivity contribution in [3.8, 4) is 0 Å². The zero-order valence-electron chi connectivity index (χ0n) is 9.97. The minimum Gasteiger partial charge on any atom is -0.311 e. The van der Waals surface area contributed by atoms with E-state index in [0.29, 0.717) is 5.71 Å². The molecule has 1 heterocycles. The highest BCUT2D eigenvalue weighted by atomic mass is 16.7. The number of benzene rings is 1. The second kappa shape index (κ2) is 4.37. The molecule has 0 bridgehead atoms. The Morgan fingerprint density at radius 1 is 1.24 bits per heavy atom. The molecule has 5 nitrogen and oxygen atoms in total. The Labute approximate surface area is 99.4 Å². The summed E-state index contributed by atoms with van der Waals surface area (Å²) < 4.78 is 0. The van der Waals surface area contributed by atoms with Crippen LogP contribution in [0.4, 0.5) is 5.69 Å². The molecule has 0 N–H and O–H groups in total. The van der Waals surface area contributed by atoms with E-state index >= 15 is 0 Å². The SMILES string of the molecule is CC1=NOC(=O)/C1=N\N(C)c1ccc(C)cc1. The molecule has 0 aromatic heterocycles. The van der Waals surface area contributed by atoms with Crippen molar-refractivity contribution in [2.45, 2.75) is 13.8 Å². The van der Waals surface area contributed by atoms with E-state index in [9.17, 15) is 4.79 Å². The molecule has 2 rings (SSSR count). The highest BCUT2D eigenvalue weighted by molar-refractivity contribution is 6.66. The van der Waals surface area contributed by atoms with Crippen molar-refractivity contribution >= 4 is 23.1 Å². The van der Waals surface area contributed by atoms with Gasteiger partial charge in [-0.05, 0) is 26.0 Å². The third-order valence-corrected chi connectivity index (χ3v) is 2.46. The molecule has 0 spiro atoms. The van der Waals surface area contributed by atoms with Crippen LogP contribution in [0.1, 0.15) is 12.5 Å². The molecule has 0 radical (unpaired) electrons. The Balaban J connectivity index is 2.24. The molecule has 1 aliphatic heterocycles. The number of hydrogen-bond donors (Lipinski definition) is 0. The maximum atomic E-state index is 11.3. The molecule has 1 aromatic carbocycles. The molecule has 0 amide bonds. The predicted molar refractivity (Wildman–Crippen MR) is 66.2 cm³/mol. The zero-order chi connectivity index (χ0) is 12.4. The predicted octanol–water partition coefficient (Wildman–Crippen LogP) is 1.72. The van der Waals surface area contributed by atoms with E-state index in [1.807, 2.05) is 31.2 Å². The van der Waals surface area contributed by atoms with Gasteiger partial charge in [0.05, 0.1) is 5.69 Å². The summed E-state index contributed by atoms with van der Waals surface area (Å²) in [5, 5.41) is 9.38. The number of rotatable bonds is 2. The second-order valence-electron chi connectivity index (χ2n) is 3.86. The molecule has 0 saturated heterocycles. The van der Waals surface area contributed by atoms with Crippen LogP contribution in [-0.4, -0.2) is 24.4 Å². The number of oxime groups is 1. The van der Waals surface area contributed by atoms with Crippen LogP contribution in [0, 0.1) is 6.92 Å². The maximum absolute atomic E-state index is 11.3. The third-order valence-electron chi connectivity index (χ3n) is 2.46. The van der Waals surface area contributed by atoms with Gasteiger partial charge in [0, 0.05) is 7.05 Å². The van der Waals surface area contributed by atoms with Gasteiger partial charge in [0.15, 0.2) is 5.71 Å². The summed E-state index contributed by atoms with van der Waals surface area (Å²) in [5.74, 6) is -0.513. The molecule has 0 saturated carbocycles. The number of hydrazone groups is 1. The summed E-state index contributed by atoms with van der Waals surface area (Å²) >= 11 is 0. The smallest absolute Gasteiger partial charge is 0.311 e. The van der Waals surface area contributed by atoms with E-state index in [0.717, 1.165) is 5.69 Å². The van der Waals surface area contributed by atoms with Gasteiger partial charge in [0.25, 0.3) is 0 Å². The van der Waals surface area contributed by atoms with Gasteiger partial charge in [-0.1, -0.05) is 22.9 Å². The lowest BCUT2D eigenvalue weighted by Crippen LogP contribution is -2.21. The minimum atomic E-state index is -0.513. The van der Waals surface area contributed by atoms with Crippen molar-refractivity contribution in [3.05, 3.63) is 29.8 Å². The summed E-state index contributed by atoms with van der Waals surface area (Å²) in [6.07, 6.45) is 0. The van der Waals surface area contributed by atoms with E-state index in [1.165, 1.54) is 5.56 Å². The van der Waals surface area contributed by atoms with Crippen LogP contribution in [0.3, 0.4) is 0 Å². The summed E-state index contributed by atoms with van der Waals surface area (Å²) in [6, 6.07) is 7.85. The minimum absolute atomic E-state index is 0.244. The van der Waals surface area contributed by atoms with Crippen LogP contribution in [-0.2, 0) is 9.63 Å². The summed E-state index contributed by atoms with van der Waals surface area (Å²) in [6.45, 7) is 3.70. The molecule has 1 aliphatic rings. The normalized spacial score (nSPS) is 17.0. The van der Waals surface area contributed by atoms with Crippen molar-refractivity contribution in [2.75, 3.05) is 12.1 Å². The van der Waals surface area contributed by atoms with Crippen molar-refractivity contribution in [1.82, 2.24) is 0 Å². The van der Waals surface area contributed by atoms with E-state index in [1.54, 1.807) is 19.0 Å². The van der Waals surface area contributed by atoms with Crippen LogP contribution < -0.4 is 5.01 Å². The molecular weight excluding hydrogens is 218 g/mol. The van der Waals surface area contributed by atoms with Crippen molar-refractivity contribution in [1.29, 1.82) is 0 Å². The van der Waals surface area contributed by atoms with Gasteiger partial charge in [-0.2, -0.15) is 5.10 Å². The summed E-state index contributed by atoms with van der Waals surface area (Å²) in [5.41, 5.74) is 2.81. The van der Waals surface area contributed by atoms with Crippen LogP contribution in [0.25, 0.3) is 0 Å². The quantitative estimate of drug-likeness (QED) is 0.575. The second-order valence-corrected chi connectivity index (χ2v) is 3.86. The number of carbonyl (C=O) groups excluding carboxylic acids is 1. The van der Waals surface area contributed by atoms with Gasteiger partial charge in [0.2, 0.25) is 0 Å². The van der Waals surface area contributed by atoms with Crippen LogP contribution >= 0.6 is 0 Å². The number of hydrogen-bond acceptors (Lipinski definition) is 5. The van der Waals surface area contributed by atoms with E-state index in [2.05, 4.69) is 15.1 Å². The lowest BCUT2D eigenvalue weighted by molar-refractivity contribution is -0.134. The molecule has 0 atom stereocenters. The standard InChI is InChI=1S/C12H13N3O2/c1-8-4-6-10(7-5-8)15(3)13-11-9(2)14-17-12(11)16/h4-7H,1-3H3/b13-11-. The van der Waals surface area contributed by atoms with E-state index in [4.69, 9.17) is 0 Å². The number of anilines is 1. The highest BCUT2D eigenvalue weighted by Gasteiger charge is 2.25. The molecule has 0 aliphatic carbocycles. The Morgan fingerprint density at radius 2 is 1.88 bits per heavy atom. The first kappa shape index (κ1) is 11.3. The third kappa shape index (κ3) is 2.33. The fourth-order valence-corrected chi connectivity index (χ4v) is 1.43. The molecule has 0 unspecified atom stereocenters. The maximum Gasteiger partial charge on any atom is 0.387 e. The van der Waals surface area contributed by atoms with E-state index in [-0.39, 0.29) is 5.71 Å². The van der Waals surface area contributed by atoms with Crippen molar-refractivity contribution < 1.29 is 9.63 Å². The monoisotopic (exact) mass is 231 g/mol. The Morgan fingerprint density at radius 3 is 2.41 bits per heavy atom. The molecule has 88 valence electrons. The lowest BCUT2D eigenvalue weighted by Gasteiger charge is -2.13. The number of nitrogens with zero attached hydrogens (tertiary/aromatic N) is 3. The van der Waals surface area contributed by atoms with Crippen LogP contribution in [0.15, 0.2) is 34.5 Å². The van der Waals surface area contributed by atoms with Crippen molar-refractivity contribution in [2.24, 2.45) is 10.3 Å². The average Bonchev–Trinajstić information content (AvgIpc) is 2.61. The van der Waals surface area contributed by atoms with Gasteiger partial charge in [0.1, 0.15) is 5.71 Å². The molecular formula is C12H13N3O2. The highest BCUT2D eigenvalue weighted by Crippen LogP contribution is 2.14. The lowest BCUT2D eigenvalue weighted by atomic mass is 10.2.